The van der Waals surface area contributed by atoms with E-state index in [1.807, 2.05) is 6.07 Å². The number of carbonyl (C=O) groups is 1. The molecule has 0 saturated carbocycles. The Morgan fingerprint density at radius 1 is 1.21 bits per heavy atom. The van der Waals surface area contributed by atoms with Gasteiger partial charge in [0.25, 0.3) is 0 Å². The number of hydrogen-bond donors (Lipinski definition) is 2. The second-order valence-electron chi connectivity index (χ2n) is 6.74. The quantitative estimate of drug-likeness (QED) is 0.660. The summed E-state index contributed by atoms with van der Waals surface area (Å²) in [4.78, 5) is 10.9. The van der Waals surface area contributed by atoms with Gasteiger partial charge in [0.1, 0.15) is 12.0 Å². The van der Waals surface area contributed by atoms with Crippen LogP contribution in [0.15, 0.2) is 42.5 Å². The van der Waals surface area contributed by atoms with Crippen LogP contribution in [0.1, 0.15) is 16.7 Å². The number of aromatic hydroxyl groups is 1. The van der Waals surface area contributed by atoms with Crippen LogP contribution in [0.5, 0.6) is 5.75 Å². The number of anilines is 1. The van der Waals surface area contributed by atoms with Gasteiger partial charge < -0.3 is 9.90 Å². The Hall–Kier alpha value is -2.43. The summed E-state index contributed by atoms with van der Waals surface area (Å²) in [6.07, 6.45) is 2.05. The third kappa shape index (κ3) is 4.51. The van der Waals surface area contributed by atoms with E-state index in [1.165, 1.54) is 18.4 Å². The molecular weight excluding hydrogens is 404 g/mol. The number of phenolic OH excluding ortho intramolecular Hbond substituents is 1. The van der Waals surface area contributed by atoms with Crippen LogP contribution in [0.2, 0.25) is 0 Å². The van der Waals surface area contributed by atoms with Crippen molar-refractivity contribution in [1.29, 1.82) is 0 Å². The van der Waals surface area contributed by atoms with E-state index < -0.39 is 26.1 Å². The van der Waals surface area contributed by atoms with Crippen molar-refractivity contribution in [2.45, 2.75) is 18.2 Å². The van der Waals surface area contributed by atoms with Crippen LogP contribution in [0.4, 0.5) is 5.69 Å². The summed E-state index contributed by atoms with van der Waals surface area (Å²) >= 11 is 0. The fraction of sp³-hybridized carbons (Fsp3) is 0.278. The molecule has 0 aliphatic carbocycles. The summed E-state index contributed by atoms with van der Waals surface area (Å²) in [6.45, 7) is -0.101. The van der Waals surface area contributed by atoms with E-state index in [2.05, 4.69) is 4.72 Å². The van der Waals surface area contributed by atoms with Gasteiger partial charge in [-0.15, -0.1) is 0 Å². The van der Waals surface area contributed by atoms with Crippen molar-refractivity contribution < 1.29 is 26.7 Å². The Balaban J connectivity index is 1.88. The average molecular weight is 425 g/mol. The SMILES string of the molecule is CS(=O)(=O)Cc1ccccc1Cc1ccc(N2CC(C=O)NS2(=O)=O)c(O)c1. The fourth-order valence-electron chi connectivity index (χ4n) is 3.13. The molecule has 1 unspecified atom stereocenters. The van der Waals surface area contributed by atoms with Crippen LogP contribution in [-0.2, 0) is 37.0 Å². The van der Waals surface area contributed by atoms with Crippen molar-refractivity contribution >= 4 is 32.0 Å². The molecule has 0 spiro atoms. The van der Waals surface area contributed by atoms with E-state index >= 15 is 0 Å². The topological polar surface area (TPSA) is 121 Å². The molecule has 1 heterocycles. The summed E-state index contributed by atoms with van der Waals surface area (Å²) in [5.41, 5.74) is 2.24. The van der Waals surface area contributed by atoms with Crippen molar-refractivity contribution in [3.63, 3.8) is 0 Å². The third-order valence-corrected chi connectivity index (χ3v) is 6.72. The number of carbonyl (C=O) groups excluding carboxylic acids is 1. The Bertz CT molecular complexity index is 1110. The number of hydrogen-bond acceptors (Lipinski definition) is 6. The second-order valence-corrected chi connectivity index (χ2v) is 10.5. The molecule has 2 aromatic carbocycles. The Morgan fingerprint density at radius 2 is 1.89 bits per heavy atom. The predicted molar refractivity (Wildman–Crippen MR) is 105 cm³/mol. The van der Waals surface area contributed by atoms with E-state index in [9.17, 15) is 26.7 Å². The van der Waals surface area contributed by atoms with Gasteiger partial charge in [0.2, 0.25) is 0 Å². The molecule has 0 bridgehead atoms. The highest BCUT2D eigenvalue weighted by Gasteiger charge is 2.36. The number of rotatable bonds is 6. The minimum Gasteiger partial charge on any atom is -0.506 e. The van der Waals surface area contributed by atoms with Crippen molar-refractivity contribution in [1.82, 2.24) is 4.72 Å². The minimum absolute atomic E-state index is 0.0741. The highest BCUT2D eigenvalue weighted by atomic mass is 32.2. The third-order valence-electron chi connectivity index (χ3n) is 4.36. The maximum atomic E-state index is 12.1. The van der Waals surface area contributed by atoms with Gasteiger partial charge in [-0.05, 0) is 35.2 Å². The van der Waals surface area contributed by atoms with Crippen molar-refractivity contribution in [2.75, 3.05) is 17.1 Å². The second kappa shape index (κ2) is 7.53. The molecule has 8 nitrogen and oxygen atoms in total. The van der Waals surface area contributed by atoms with E-state index in [1.54, 1.807) is 24.3 Å². The van der Waals surface area contributed by atoms with Crippen LogP contribution in [-0.4, -0.2) is 47.1 Å². The minimum atomic E-state index is -3.90. The fourth-order valence-corrected chi connectivity index (χ4v) is 5.39. The lowest BCUT2D eigenvalue weighted by Gasteiger charge is -2.18. The lowest BCUT2D eigenvalue weighted by atomic mass is 10.00. The van der Waals surface area contributed by atoms with Gasteiger partial charge >= 0.3 is 10.2 Å². The standard InChI is InChI=1S/C18H20N2O6S2/c1-27(23,24)12-15-5-3-2-4-14(15)8-13-6-7-17(18(22)9-13)20-10-16(11-21)19-28(20,25)26/h2-7,9,11,16,19,22H,8,10,12H2,1H3. The maximum absolute atomic E-state index is 12.1. The number of benzene rings is 2. The van der Waals surface area contributed by atoms with Gasteiger partial charge in [0.05, 0.1) is 24.0 Å². The first kappa shape index (κ1) is 20.3. The summed E-state index contributed by atoms with van der Waals surface area (Å²) in [5.74, 6) is -0.326. The molecule has 28 heavy (non-hydrogen) atoms. The van der Waals surface area contributed by atoms with E-state index in [0.29, 0.717) is 23.8 Å². The lowest BCUT2D eigenvalue weighted by Crippen LogP contribution is -2.30. The Morgan fingerprint density at radius 3 is 2.46 bits per heavy atom. The number of nitrogens with one attached hydrogen (secondary N) is 1. The monoisotopic (exact) mass is 424 g/mol. The molecule has 2 N–H and O–H groups in total. The van der Waals surface area contributed by atoms with Gasteiger partial charge in [0, 0.05) is 6.26 Å². The summed E-state index contributed by atoms with van der Waals surface area (Å²) in [6, 6.07) is 10.8. The molecule has 0 amide bonds. The van der Waals surface area contributed by atoms with E-state index in [4.69, 9.17) is 0 Å². The van der Waals surface area contributed by atoms with Crippen molar-refractivity contribution in [3.05, 3.63) is 59.2 Å². The lowest BCUT2D eigenvalue weighted by molar-refractivity contribution is -0.108. The first-order valence-electron chi connectivity index (χ1n) is 8.41. The predicted octanol–water partition coefficient (Wildman–Crippen LogP) is 0.750. The molecule has 3 rings (SSSR count). The number of sulfone groups is 1. The van der Waals surface area contributed by atoms with Crippen LogP contribution >= 0.6 is 0 Å². The molecule has 0 radical (unpaired) electrons. The van der Waals surface area contributed by atoms with Crippen LogP contribution in [0.3, 0.4) is 0 Å². The molecule has 1 atom stereocenters. The average Bonchev–Trinajstić information content (AvgIpc) is 2.90. The van der Waals surface area contributed by atoms with Crippen LogP contribution in [0, 0.1) is 0 Å². The van der Waals surface area contributed by atoms with Crippen LogP contribution < -0.4 is 9.03 Å². The first-order chi connectivity index (χ1) is 13.1. The molecule has 2 aromatic rings. The zero-order chi connectivity index (χ0) is 20.5. The largest absolute Gasteiger partial charge is 0.506 e. The zero-order valence-electron chi connectivity index (χ0n) is 15.1. The number of nitrogens with zero attached hydrogens (tertiary/aromatic N) is 1. The zero-order valence-corrected chi connectivity index (χ0v) is 16.7. The molecule has 10 heteroatoms. The number of phenols is 1. The molecule has 150 valence electrons. The van der Waals surface area contributed by atoms with Gasteiger partial charge in [-0.2, -0.15) is 13.1 Å². The highest BCUT2D eigenvalue weighted by molar-refractivity contribution is 7.91. The normalized spacial score (nSPS) is 18.9. The maximum Gasteiger partial charge on any atom is 0.302 e. The van der Waals surface area contributed by atoms with Gasteiger partial charge in [-0.25, -0.2) is 8.42 Å². The Kier molecular flexibility index (Phi) is 5.46. The molecule has 1 fully saturated rings. The smallest absolute Gasteiger partial charge is 0.302 e. The molecule has 0 aromatic heterocycles. The highest BCUT2D eigenvalue weighted by Crippen LogP contribution is 2.32. The van der Waals surface area contributed by atoms with E-state index in [-0.39, 0.29) is 23.7 Å². The van der Waals surface area contributed by atoms with Crippen molar-refractivity contribution in [3.8, 4) is 5.75 Å². The molecule has 1 aliphatic rings. The summed E-state index contributed by atoms with van der Waals surface area (Å²) < 4.78 is 50.7. The first-order valence-corrected chi connectivity index (χ1v) is 11.9. The van der Waals surface area contributed by atoms with Crippen LogP contribution in [0.25, 0.3) is 0 Å². The van der Waals surface area contributed by atoms with Crippen molar-refractivity contribution in [2.24, 2.45) is 0 Å². The summed E-state index contributed by atoms with van der Waals surface area (Å²) in [5, 5.41) is 10.4. The van der Waals surface area contributed by atoms with E-state index in [0.717, 1.165) is 9.87 Å². The van der Waals surface area contributed by atoms with Gasteiger partial charge in [0.15, 0.2) is 9.84 Å². The Labute approximate surface area is 163 Å². The molecular formula is C18H20N2O6S2. The molecule has 1 aliphatic heterocycles. The summed E-state index contributed by atoms with van der Waals surface area (Å²) in [7, 11) is -7.09. The molecule has 1 saturated heterocycles. The van der Waals surface area contributed by atoms with Gasteiger partial charge in [-0.1, -0.05) is 30.3 Å². The van der Waals surface area contributed by atoms with Gasteiger partial charge in [-0.3, -0.25) is 4.31 Å². The number of aldehydes is 1.